The van der Waals surface area contributed by atoms with Crippen LogP contribution in [0.3, 0.4) is 0 Å². The minimum absolute atomic E-state index is 0.0890. The zero-order valence-corrected chi connectivity index (χ0v) is 15.1. The maximum atomic E-state index is 12.9. The van der Waals surface area contributed by atoms with Gasteiger partial charge in [0.05, 0.1) is 24.2 Å². The van der Waals surface area contributed by atoms with Gasteiger partial charge in [0.15, 0.2) is 6.29 Å². The topological polar surface area (TPSA) is 84.9 Å². The first-order valence-electron chi connectivity index (χ1n) is 8.67. The molecule has 1 aromatic carbocycles. The van der Waals surface area contributed by atoms with Gasteiger partial charge < -0.3 is 14.4 Å². The molecule has 0 bridgehead atoms. The lowest BCUT2D eigenvalue weighted by atomic mass is 10.00. The Balaban J connectivity index is 1.77. The highest BCUT2D eigenvalue weighted by atomic mass is 32.2. The van der Waals surface area contributed by atoms with Crippen molar-refractivity contribution in [3.8, 4) is 0 Å². The fraction of sp³-hybridized carbons (Fsp3) is 0.588. The van der Waals surface area contributed by atoms with Crippen LogP contribution in [0.1, 0.15) is 36.5 Å². The van der Waals surface area contributed by atoms with E-state index in [0.29, 0.717) is 31.9 Å². The predicted octanol–water partition coefficient (Wildman–Crippen LogP) is 1.35. The van der Waals surface area contributed by atoms with E-state index >= 15 is 0 Å². The number of hydrogen-bond acceptors (Lipinski definition) is 5. The minimum atomic E-state index is -3.52. The Kier molecular flexibility index (Phi) is 5.73. The lowest BCUT2D eigenvalue weighted by molar-refractivity contribution is -0.100. The number of sulfonamides is 1. The van der Waals surface area contributed by atoms with E-state index in [0.717, 1.165) is 19.3 Å². The third-order valence-electron chi connectivity index (χ3n) is 4.52. The molecule has 2 aliphatic rings. The van der Waals surface area contributed by atoms with E-state index in [-0.39, 0.29) is 23.1 Å². The molecule has 138 valence electrons. The SMILES string of the molecule is CCNS(=O)(=O)c1ccc(C(=O)N2CCCCC2C2OCCO2)cc1. The van der Waals surface area contributed by atoms with E-state index in [4.69, 9.17) is 9.47 Å². The predicted molar refractivity (Wildman–Crippen MR) is 91.7 cm³/mol. The number of ether oxygens (including phenoxy) is 2. The van der Waals surface area contributed by atoms with Crippen LogP contribution in [0.2, 0.25) is 0 Å². The number of piperidine rings is 1. The highest BCUT2D eigenvalue weighted by molar-refractivity contribution is 7.89. The smallest absolute Gasteiger partial charge is 0.254 e. The Morgan fingerprint density at radius 2 is 1.88 bits per heavy atom. The first-order chi connectivity index (χ1) is 12.0. The number of nitrogens with zero attached hydrogens (tertiary/aromatic N) is 1. The van der Waals surface area contributed by atoms with E-state index in [1.54, 1.807) is 24.0 Å². The molecule has 0 aromatic heterocycles. The number of carbonyl (C=O) groups excluding carboxylic acids is 1. The summed E-state index contributed by atoms with van der Waals surface area (Å²) in [5, 5.41) is 0. The van der Waals surface area contributed by atoms with Gasteiger partial charge in [0.25, 0.3) is 5.91 Å². The molecule has 2 heterocycles. The fourth-order valence-electron chi connectivity index (χ4n) is 3.31. The number of likely N-dealkylation sites (tertiary alicyclic amines) is 1. The maximum Gasteiger partial charge on any atom is 0.254 e. The summed E-state index contributed by atoms with van der Waals surface area (Å²) in [6.45, 7) is 3.81. The molecule has 1 unspecified atom stereocenters. The number of carbonyl (C=O) groups is 1. The van der Waals surface area contributed by atoms with Gasteiger partial charge in [-0.3, -0.25) is 4.79 Å². The highest BCUT2D eigenvalue weighted by Crippen LogP contribution is 2.26. The second kappa shape index (κ2) is 7.82. The molecule has 0 spiro atoms. The molecule has 8 heteroatoms. The van der Waals surface area contributed by atoms with E-state index in [1.165, 1.54) is 12.1 Å². The minimum Gasteiger partial charge on any atom is -0.348 e. The van der Waals surface area contributed by atoms with Crippen molar-refractivity contribution in [3.05, 3.63) is 29.8 Å². The van der Waals surface area contributed by atoms with E-state index in [1.807, 2.05) is 0 Å². The summed E-state index contributed by atoms with van der Waals surface area (Å²) < 4.78 is 37.6. The highest BCUT2D eigenvalue weighted by Gasteiger charge is 2.36. The summed E-state index contributed by atoms with van der Waals surface area (Å²) in [5.41, 5.74) is 0.473. The lowest BCUT2D eigenvalue weighted by Gasteiger charge is -2.38. The zero-order valence-electron chi connectivity index (χ0n) is 14.3. The Morgan fingerprint density at radius 3 is 2.52 bits per heavy atom. The Bertz CT molecular complexity index is 698. The average Bonchev–Trinajstić information content (AvgIpc) is 3.16. The summed E-state index contributed by atoms with van der Waals surface area (Å²) in [7, 11) is -3.52. The van der Waals surface area contributed by atoms with Gasteiger partial charge in [-0.25, -0.2) is 13.1 Å². The van der Waals surface area contributed by atoms with Crippen molar-refractivity contribution in [2.45, 2.75) is 43.4 Å². The number of hydrogen-bond donors (Lipinski definition) is 1. The normalized spacial score (nSPS) is 22.3. The Morgan fingerprint density at radius 1 is 1.20 bits per heavy atom. The molecule has 2 saturated heterocycles. The van der Waals surface area contributed by atoms with Crippen molar-refractivity contribution in [2.75, 3.05) is 26.3 Å². The molecule has 3 rings (SSSR count). The molecule has 1 N–H and O–H groups in total. The van der Waals surface area contributed by atoms with E-state index in [2.05, 4.69) is 4.72 Å². The lowest BCUT2D eigenvalue weighted by Crippen LogP contribution is -2.50. The molecular weight excluding hydrogens is 344 g/mol. The summed E-state index contributed by atoms with van der Waals surface area (Å²) in [5.74, 6) is -0.115. The van der Waals surface area contributed by atoms with Crippen molar-refractivity contribution in [1.82, 2.24) is 9.62 Å². The molecule has 1 atom stereocenters. The van der Waals surface area contributed by atoms with Crippen LogP contribution in [0.5, 0.6) is 0 Å². The van der Waals surface area contributed by atoms with Gasteiger partial charge in [0.2, 0.25) is 10.0 Å². The van der Waals surface area contributed by atoms with E-state index < -0.39 is 10.0 Å². The standard InChI is InChI=1S/C17H24N2O5S/c1-2-18-25(21,22)14-8-6-13(7-9-14)16(20)19-10-4-3-5-15(19)17-23-11-12-24-17/h6-9,15,17-18H,2-5,10-12H2,1H3. The van der Waals surface area contributed by atoms with Crippen molar-refractivity contribution < 1.29 is 22.7 Å². The summed E-state index contributed by atoms with van der Waals surface area (Å²) in [6.07, 6.45) is 2.47. The molecule has 2 aliphatic heterocycles. The van der Waals surface area contributed by atoms with Gasteiger partial charge in [-0.05, 0) is 43.5 Å². The second-order valence-electron chi connectivity index (χ2n) is 6.20. The van der Waals surface area contributed by atoms with Crippen LogP contribution in [0.25, 0.3) is 0 Å². The Labute approximate surface area is 148 Å². The molecule has 0 radical (unpaired) electrons. The van der Waals surface area contributed by atoms with Crippen LogP contribution in [0, 0.1) is 0 Å². The average molecular weight is 368 g/mol. The molecular formula is C17H24N2O5S. The molecule has 0 aliphatic carbocycles. The third-order valence-corrected chi connectivity index (χ3v) is 6.08. The van der Waals surface area contributed by atoms with Crippen molar-refractivity contribution >= 4 is 15.9 Å². The zero-order chi connectivity index (χ0) is 17.9. The van der Waals surface area contributed by atoms with Gasteiger partial charge in [-0.15, -0.1) is 0 Å². The Hall–Kier alpha value is -1.48. The summed E-state index contributed by atoms with van der Waals surface area (Å²) in [4.78, 5) is 14.9. The third kappa shape index (κ3) is 4.03. The maximum absolute atomic E-state index is 12.9. The number of rotatable bonds is 5. The van der Waals surface area contributed by atoms with Gasteiger partial charge in [0.1, 0.15) is 0 Å². The number of benzene rings is 1. The molecule has 2 fully saturated rings. The van der Waals surface area contributed by atoms with E-state index in [9.17, 15) is 13.2 Å². The molecule has 25 heavy (non-hydrogen) atoms. The molecule has 1 amide bonds. The monoisotopic (exact) mass is 368 g/mol. The van der Waals surface area contributed by atoms with Crippen molar-refractivity contribution in [2.24, 2.45) is 0 Å². The van der Waals surface area contributed by atoms with Crippen LogP contribution < -0.4 is 4.72 Å². The number of amides is 1. The van der Waals surface area contributed by atoms with Crippen LogP contribution in [-0.2, 0) is 19.5 Å². The first-order valence-corrected chi connectivity index (χ1v) is 10.1. The molecule has 0 saturated carbocycles. The van der Waals surface area contributed by atoms with Crippen LogP contribution >= 0.6 is 0 Å². The van der Waals surface area contributed by atoms with Gasteiger partial charge in [-0.2, -0.15) is 0 Å². The quantitative estimate of drug-likeness (QED) is 0.848. The number of nitrogens with one attached hydrogen (secondary N) is 1. The summed E-state index contributed by atoms with van der Waals surface area (Å²) >= 11 is 0. The van der Waals surface area contributed by atoms with Crippen molar-refractivity contribution in [3.63, 3.8) is 0 Å². The van der Waals surface area contributed by atoms with Gasteiger partial charge in [0, 0.05) is 18.7 Å². The van der Waals surface area contributed by atoms with Crippen LogP contribution in [0.15, 0.2) is 29.2 Å². The van der Waals surface area contributed by atoms with Crippen LogP contribution in [0.4, 0.5) is 0 Å². The largest absolute Gasteiger partial charge is 0.348 e. The second-order valence-corrected chi connectivity index (χ2v) is 7.96. The van der Waals surface area contributed by atoms with Gasteiger partial charge in [-0.1, -0.05) is 6.92 Å². The first kappa shape index (κ1) is 18.3. The van der Waals surface area contributed by atoms with Gasteiger partial charge >= 0.3 is 0 Å². The molecule has 1 aromatic rings. The van der Waals surface area contributed by atoms with Crippen LogP contribution in [-0.4, -0.2) is 57.9 Å². The van der Waals surface area contributed by atoms with Crippen molar-refractivity contribution in [1.29, 1.82) is 0 Å². The summed E-state index contributed by atoms with van der Waals surface area (Å²) in [6, 6.07) is 5.97. The fourth-order valence-corrected chi connectivity index (χ4v) is 4.35. The molecule has 7 nitrogen and oxygen atoms in total.